The molecule has 0 saturated carbocycles. The molecular formula is C25H24N5+. The molecule has 5 heteroatoms. The van der Waals surface area contributed by atoms with Crippen molar-refractivity contribution in [2.45, 2.75) is 40.2 Å². The quantitative estimate of drug-likeness (QED) is 0.674. The van der Waals surface area contributed by atoms with Crippen LogP contribution in [0, 0.1) is 29.6 Å². The van der Waals surface area contributed by atoms with Gasteiger partial charge in [-0.25, -0.2) is 4.98 Å². The van der Waals surface area contributed by atoms with Crippen LogP contribution in [-0.2, 0) is 0 Å². The van der Waals surface area contributed by atoms with E-state index in [1.54, 1.807) is 0 Å². The molecule has 148 valence electrons. The third kappa shape index (κ3) is 2.71. The van der Waals surface area contributed by atoms with Crippen molar-refractivity contribution >= 4 is 33.9 Å². The topological polar surface area (TPSA) is 92.7 Å². The number of benzene rings is 1. The average Bonchev–Trinajstić information content (AvgIpc) is 3.23. The largest absolute Gasteiger partial charge is 0.344 e. The van der Waals surface area contributed by atoms with E-state index in [1.807, 2.05) is 19.9 Å². The zero-order valence-corrected chi connectivity index (χ0v) is 17.7. The zero-order chi connectivity index (χ0) is 21.6. The molecule has 0 amide bonds. The number of aromatic nitrogens is 2. The van der Waals surface area contributed by atoms with Gasteiger partial charge in [0.15, 0.2) is 5.69 Å². The first-order chi connectivity index (χ1) is 14.4. The lowest BCUT2D eigenvalue weighted by Crippen LogP contribution is -2.20. The standard InChI is InChI=1S/C25H23N5/c1-5-14(2)30-13-17(18-8-6-7-9-22(18)30)10-19-15(3)20(11-26)24-23(19)16(4)21(12-27)25(28)29-24/h6-10,13-14H,5H2,1-4H3,(H2,28,29)/p+1/t14-/m0/s1. The van der Waals surface area contributed by atoms with Crippen molar-refractivity contribution < 1.29 is 4.98 Å². The minimum Gasteiger partial charge on any atom is -0.344 e. The molecule has 0 bridgehead atoms. The number of anilines is 1. The number of nitrogens with one attached hydrogen (secondary N) is 1. The van der Waals surface area contributed by atoms with Crippen LogP contribution in [0.2, 0.25) is 0 Å². The van der Waals surface area contributed by atoms with Gasteiger partial charge in [-0.3, -0.25) is 5.73 Å². The molecule has 30 heavy (non-hydrogen) atoms. The second-order valence-corrected chi connectivity index (χ2v) is 7.84. The summed E-state index contributed by atoms with van der Waals surface area (Å²) in [4.78, 5) is 3.09. The van der Waals surface area contributed by atoms with Gasteiger partial charge in [-0.2, -0.15) is 10.5 Å². The number of para-hydroxylation sites is 1. The van der Waals surface area contributed by atoms with Gasteiger partial charge >= 0.3 is 0 Å². The van der Waals surface area contributed by atoms with E-state index in [2.05, 4.69) is 66.0 Å². The van der Waals surface area contributed by atoms with E-state index in [4.69, 9.17) is 5.73 Å². The number of hydrogen-bond acceptors (Lipinski definition) is 3. The zero-order valence-electron chi connectivity index (χ0n) is 17.7. The molecule has 0 fully saturated rings. The third-order valence-corrected chi connectivity index (χ3v) is 6.19. The van der Waals surface area contributed by atoms with Crippen molar-refractivity contribution in [3.63, 3.8) is 0 Å². The number of nitrogen functional groups attached to an aromatic ring is 1. The molecule has 2 heterocycles. The second-order valence-electron chi connectivity index (χ2n) is 7.84. The van der Waals surface area contributed by atoms with Crippen LogP contribution in [0.3, 0.4) is 0 Å². The number of fused-ring (bicyclic) bond motifs is 2. The molecule has 1 aliphatic rings. The van der Waals surface area contributed by atoms with Crippen LogP contribution in [-0.4, -0.2) is 4.57 Å². The number of hydrogen-bond donors (Lipinski definition) is 1. The second kappa shape index (κ2) is 7.21. The summed E-state index contributed by atoms with van der Waals surface area (Å²) in [5.41, 5.74) is 13.6. The number of aromatic amines is 1. The molecule has 0 saturated heterocycles. The van der Waals surface area contributed by atoms with Gasteiger partial charge in [-0.15, -0.1) is 0 Å². The highest BCUT2D eigenvalue weighted by molar-refractivity contribution is 6.09. The van der Waals surface area contributed by atoms with Gasteiger partial charge in [-0.1, -0.05) is 25.1 Å². The summed E-state index contributed by atoms with van der Waals surface area (Å²) in [7, 11) is 0. The molecule has 3 N–H and O–H groups in total. The summed E-state index contributed by atoms with van der Waals surface area (Å²) in [5, 5.41) is 20.5. The Labute approximate surface area is 176 Å². The minimum absolute atomic E-state index is 0.295. The van der Waals surface area contributed by atoms with Gasteiger partial charge in [-0.05, 0) is 56.0 Å². The summed E-state index contributed by atoms with van der Waals surface area (Å²) in [6.07, 6.45) is 5.36. The van der Waals surface area contributed by atoms with Crippen LogP contribution >= 0.6 is 0 Å². The van der Waals surface area contributed by atoms with Crippen LogP contribution in [0.25, 0.3) is 28.1 Å². The molecule has 3 aromatic rings. The molecule has 1 aliphatic carbocycles. The Morgan fingerprint density at radius 2 is 1.93 bits per heavy atom. The van der Waals surface area contributed by atoms with Gasteiger partial charge in [0.2, 0.25) is 0 Å². The third-order valence-electron chi connectivity index (χ3n) is 6.19. The smallest absolute Gasteiger partial charge is 0.289 e. The molecule has 1 aromatic carbocycles. The first-order valence-corrected chi connectivity index (χ1v) is 10.1. The number of nitriles is 2. The summed E-state index contributed by atoms with van der Waals surface area (Å²) in [6, 6.07) is 13.3. The van der Waals surface area contributed by atoms with E-state index in [9.17, 15) is 10.5 Å². The summed E-state index contributed by atoms with van der Waals surface area (Å²) in [5.74, 6) is 0.295. The van der Waals surface area contributed by atoms with Gasteiger partial charge in [0.25, 0.3) is 5.82 Å². The lowest BCUT2D eigenvalue weighted by Gasteiger charge is -2.12. The van der Waals surface area contributed by atoms with Crippen LogP contribution in [0.1, 0.15) is 61.2 Å². The maximum absolute atomic E-state index is 9.79. The van der Waals surface area contributed by atoms with Gasteiger partial charge in [0, 0.05) is 34.3 Å². The monoisotopic (exact) mass is 394 g/mol. The van der Waals surface area contributed by atoms with Crippen LogP contribution < -0.4 is 10.7 Å². The first-order valence-electron chi connectivity index (χ1n) is 10.1. The van der Waals surface area contributed by atoms with E-state index in [0.29, 0.717) is 28.7 Å². The van der Waals surface area contributed by atoms with Gasteiger partial charge in [0.05, 0.1) is 0 Å². The van der Waals surface area contributed by atoms with Crippen LogP contribution in [0.5, 0.6) is 0 Å². The summed E-state index contributed by atoms with van der Waals surface area (Å²) >= 11 is 0. The van der Waals surface area contributed by atoms with E-state index in [-0.39, 0.29) is 0 Å². The molecule has 5 nitrogen and oxygen atoms in total. The highest BCUT2D eigenvalue weighted by atomic mass is 15.0. The van der Waals surface area contributed by atoms with E-state index in [1.165, 1.54) is 10.9 Å². The molecule has 0 radical (unpaired) electrons. The van der Waals surface area contributed by atoms with Crippen molar-refractivity contribution in [3.05, 3.63) is 64.0 Å². The van der Waals surface area contributed by atoms with Crippen molar-refractivity contribution in [1.29, 1.82) is 10.5 Å². The molecule has 0 aliphatic heterocycles. The Balaban J connectivity index is 2.03. The summed E-state index contributed by atoms with van der Waals surface area (Å²) in [6.45, 7) is 8.25. The maximum Gasteiger partial charge on any atom is 0.289 e. The highest BCUT2D eigenvalue weighted by Gasteiger charge is 2.32. The Kier molecular flexibility index (Phi) is 4.68. The number of nitrogens with zero attached hydrogens (tertiary/aromatic N) is 3. The van der Waals surface area contributed by atoms with Gasteiger partial charge in [0.1, 0.15) is 23.3 Å². The molecule has 4 rings (SSSR count). The van der Waals surface area contributed by atoms with Crippen LogP contribution in [0.4, 0.5) is 5.82 Å². The van der Waals surface area contributed by atoms with Crippen molar-refractivity contribution in [2.24, 2.45) is 0 Å². The van der Waals surface area contributed by atoms with E-state index in [0.717, 1.165) is 34.3 Å². The number of pyridine rings is 1. The predicted molar refractivity (Wildman–Crippen MR) is 120 cm³/mol. The Morgan fingerprint density at radius 3 is 2.60 bits per heavy atom. The lowest BCUT2D eigenvalue weighted by molar-refractivity contribution is -0.364. The van der Waals surface area contributed by atoms with Gasteiger partial charge < -0.3 is 4.57 Å². The highest BCUT2D eigenvalue weighted by Crippen LogP contribution is 2.43. The number of allylic oxidation sites excluding steroid dienone is 3. The molecule has 0 spiro atoms. The van der Waals surface area contributed by atoms with E-state index >= 15 is 0 Å². The molecule has 2 aromatic heterocycles. The van der Waals surface area contributed by atoms with Crippen molar-refractivity contribution in [3.8, 4) is 12.1 Å². The predicted octanol–water partition coefficient (Wildman–Crippen LogP) is 5.04. The number of rotatable bonds is 3. The fourth-order valence-corrected chi connectivity index (χ4v) is 4.34. The average molecular weight is 395 g/mol. The first kappa shape index (κ1) is 19.5. The maximum atomic E-state index is 9.79. The van der Waals surface area contributed by atoms with Crippen molar-refractivity contribution in [1.82, 2.24) is 4.57 Å². The lowest BCUT2D eigenvalue weighted by atomic mass is 9.95. The van der Waals surface area contributed by atoms with Crippen LogP contribution in [0.15, 0.2) is 36.0 Å². The normalized spacial score (nSPS) is 15.3. The Morgan fingerprint density at radius 1 is 1.20 bits per heavy atom. The number of H-pyrrole nitrogens is 1. The Hall–Kier alpha value is -3.83. The number of nitrogens with two attached hydrogens (primary N) is 1. The molecule has 1 atom stereocenters. The molecule has 0 unspecified atom stereocenters. The fraction of sp³-hybridized carbons (Fsp3) is 0.240. The fourth-order valence-electron chi connectivity index (χ4n) is 4.34. The van der Waals surface area contributed by atoms with E-state index < -0.39 is 0 Å². The summed E-state index contributed by atoms with van der Waals surface area (Å²) < 4.78 is 2.31. The SMILES string of the molecule is CC[C@H](C)n1cc(C=C2C(C)=C(C#N)c3[nH+]c(N)c(C#N)c(C)c32)c2ccccc21. The minimum atomic E-state index is 0.295. The van der Waals surface area contributed by atoms with Crippen molar-refractivity contribution in [2.75, 3.05) is 5.73 Å². The Bertz CT molecular complexity index is 1340. The molecular weight excluding hydrogens is 370 g/mol.